The van der Waals surface area contributed by atoms with Gasteiger partial charge in [0, 0.05) is 36.6 Å². The lowest BCUT2D eigenvalue weighted by Crippen LogP contribution is -2.43. The third-order valence-electron chi connectivity index (χ3n) is 4.60. The molecular weight excluding hydrogens is 330 g/mol. The third-order valence-corrected chi connectivity index (χ3v) is 4.60. The Morgan fingerprint density at radius 1 is 1.31 bits per heavy atom. The smallest absolute Gasteiger partial charge is 0.224 e. The fourth-order valence-corrected chi connectivity index (χ4v) is 3.51. The Hall–Kier alpha value is -3.29. The normalized spacial score (nSPS) is 19.1. The van der Waals surface area contributed by atoms with E-state index in [9.17, 15) is 4.79 Å². The van der Waals surface area contributed by atoms with Crippen LogP contribution in [0.3, 0.4) is 0 Å². The van der Waals surface area contributed by atoms with E-state index in [4.69, 9.17) is 0 Å². The molecule has 0 aliphatic carbocycles. The van der Waals surface area contributed by atoms with Gasteiger partial charge in [0.1, 0.15) is 5.69 Å². The van der Waals surface area contributed by atoms with Crippen LogP contribution in [0.25, 0.3) is 11.3 Å². The summed E-state index contributed by atoms with van der Waals surface area (Å²) in [5.74, 6) is 0.598. The number of H-pyrrole nitrogens is 1. The summed E-state index contributed by atoms with van der Waals surface area (Å²) in [5.41, 5.74) is 3.62. The van der Waals surface area contributed by atoms with E-state index in [1.807, 2.05) is 17.0 Å². The molecule has 0 bridgehead atoms. The summed E-state index contributed by atoms with van der Waals surface area (Å²) in [7, 11) is 0. The first-order valence-electron chi connectivity index (χ1n) is 8.47. The Kier molecular flexibility index (Phi) is 4.08. The van der Waals surface area contributed by atoms with Crippen molar-refractivity contribution in [1.82, 2.24) is 25.4 Å². The van der Waals surface area contributed by atoms with Crippen LogP contribution in [0.1, 0.15) is 31.9 Å². The fourth-order valence-electron chi connectivity index (χ4n) is 3.51. The van der Waals surface area contributed by atoms with Crippen molar-refractivity contribution in [3.63, 3.8) is 0 Å². The van der Waals surface area contributed by atoms with Gasteiger partial charge in [-0.05, 0) is 37.1 Å². The number of nitrogens with one attached hydrogen (secondary N) is 2. The van der Waals surface area contributed by atoms with E-state index < -0.39 is 0 Å². The molecule has 0 fully saturated rings. The minimum Gasteiger partial charge on any atom is -0.347 e. The molecule has 3 aromatic rings. The number of aromatic nitrogens is 5. The van der Waals surface area contributed by atoms with Gasteiger partial charge in [-0.15, -0.1) is 0 Å². The van der Waals surface area contributed by atoms with E-state index in [0.717, 1.165) is 28.9 Å². The SMILES string of the molecule is CC(=O)N1c2ccc(-c3cn[nH]n3)cc2[C@H](Nc2ncccn2)C[C@@H]1C. The van der Waals surface area contributed by atoms with Crippen molar-refractivity contribution in [1.29, 1.82) is 0 Å². The van der Waals surface area contributed by atoms with Crippen LogP contribution in [-0.2, 0) is 4.79 Å². The molecule has 26 heavy (non-hydrogen) atoms. The Morgan fingerprint density at radius 3 is 2.81 bits per heavy atom. The van der Waals surface area contributed by atoms with Crippen molar-refractivity contribution in [2.24, 2.45) is 0 Å². The molecule has 3 heterocycles. The molecule has 0 unspecified atom stereocenters. The quantitative estimate of drug-likeness (QED) is 0.754. The number of anilines is 2. The Bertz CT molecular complexity index is 911. The zero-order valence-electron chi connectivity index (χ0n) is 14.5. The van der Waals surface area contributed by atoms with Gasteiger partial charge in [-0.3, -0.25) is 4.79 Å². The van der Waals surface area contributed by atoms with E-state index in [2.05, 4.69) is 43.7 Å². The number of aromatic amines is 1. The van der Waals surface area contributed by atoms with E-state index >= 15 is 0 Å². The zero-order chi connectivity index (χ0) is 18.1. The molecule has 1 aliphatic heterocycles. The number of amides is 1. The molecule has 1 aromatic carbocycles. The molecule has 1 aliphatic rings. The molecule has 0 radical (unpaired) electrons. The summed E-state index contributed by atoms with van der Waals surface area (Å²) < 4.78 is 0. The molecule has 132 valence electrons. The number of nitrogens with zero attached hydrogens (tertiary/aromatic N) is 5. The van der Waals surface area contributed by atoms with Crippen molar-refractivity contribution in [2.75, 3.05) is 10.2 Å². The van der Waals surface area contributed by atoms with E-state index in [1.165, 1.54) is 0 Å². The van der Waals surface area contributed by atoms with E-state index in [0.29, 0.717) is 5.95 Å². The van der Waals surface area contributed by atoms with Gasteiger partial charge in [0.05, 0.1) is 12.2 Å². The minimum absolute atomic E-state index is 0.00940. The number of carbonyl (C=O) groups is 1. The highest BCUT2D eigenvalue weighted by Crippen LogP contribution is 2.40. The summed E-state index contributed by atoms with van der Waals surface area (Å²) in [6.07, 6.45) is 5.85. The van der Waals surface area contributed by atoms with Crippen LogP contribution in [0.2, 0.25) is 0 Å². The average molecular weight is 349 g/mol. The standard InChI is InChI=1S/C18H19N7O/c1-11-8-15(22-18-19-6-3-7-20-18)14-9-13(16-10-21-24-23-16)4-5-17(14)25(11)12(2)26/h3-7,9-11,15H,8H2,1-2H3,(H,19,20,22)(H,21,23,24)/t11-,15+/m0/s1. The lowest BCUT2D eigenvalue weighted by molar-refractivity contribution is -0.117. The van der Waals surface area contributed by atoms with Crippen LogP contribution >= 0.6 is 0 Å². The number of carbonyl (C=O) groups excluding carboxylic acids is 1. The topological polar surface area (TPSA) is 99.7 Å². The lowest BCUT2D eigenvalue weighted by atomic mass is 9.90. The number of hydrogen-bond donors (Lipinski definition) is 2. The van der Waals surface area contributed by atoms with Gasteiger partial charge in [-0.2, -0.15) is 15.4 Å². The molecule has 0 saturated heterocycles. The molecule has 4 rings (SSSR count). The van der Waals surface area contributed by atoms with Crippen LogP contribution in [0.15, 0.2) is 42.9 Å². The zero-order valence-corrected chi connectivity index (χ0v) is 14.5. The molecular formula is C18H19N7O. The first-order chi connectivity index (χ1) is 12.6. The van der Waals surface area contributed by atoms with Gasteiger partial charge in [-0.25, -0.2) is 9.97 Å². The van der Waals surface area contributed by atoms with Gasteiger partial charge in [0.15, 0.2) is 0 Å². The molecule has 0 saturated carbocycles. The maximum atomic E-state index is 12.2. The average Bonchev–Trinajstić information content (AvgIpc) is 3.16. The van der Waals surface area contributed by atoms with Crippen molar-refractivity contribution >= 4 is 17.5 Å². The predicted molar refractivity (Wildman–Crippen MR) is 97.5 cm³/mol. The molecule has 1 amide bonds. The second-order valence-electron chi connectivity index (χ2n) is 6.37. The second-order valence-corrected chi connectivity index (χ2v) is 6.37. The van der Waals surface area contributed by atoms with Gasteiger partial charge in [-0.1, -0.05) is 6.07 Å². The first-order valence-corrected chi connectivity index (χ1v) is 8.47. The lowest BCUT2D eigenvalue weighted by Gasteiger charge is -2.39. The molecule has 0 spiro atoms. The monoisotopic (exact) mass is 349 g/mol. The largest absolute Gasteiger partial charge is 0.347 e. The van der Waals surface area contributed by atoms with Gasteiger partial charge >= 0.3 is 0 Å². The fraction of sp³-hybridized carbons (Fsp3) is 0.278. The van der Waals surface area contributed by atoms with Gasteiger partial charge in [0.25, 0.3) is 0 Å². The predicted octanol–water partition coefficient (Wildman–Crippen LogP) is 2.56. The van der Waals surface area contributed by atoms with Gasteiger partial charge in [0.2, 0.25) is 11.9 Å². The Morgan fingerprint density at radius 2 is 2.12 bits per heavy atom. The Balaban J connectivity index is 1.78. The maximum absolute atomic E-state index is 12.2. The number of rotatable bonds is 3. The number of benzene rings is 1. The summed E-state index contributed by atoms with van der Waals surface area (Å²) in [6.45, 7) is 3.65. The van der Waals surface area contributed by atoms with Crippen LogP contribution in [0, 0.1) is 0 Å². The molecule has 2 atom stereocenters. The van der Waals surface area contributed by atoms with Crippen LogP contribution < -0.4 is 10.2 Å². The molecule has 2 aromatic heterocycles. The van der Waals surface area contributed by atoms with E-state index in [-0.39, 0.29) is 18.0 Å². The highest BCUT2D eigenvalue weighted by atomic mass is 16.2. The molecule has 2 N–H and O–H groups in total. The summed E-state index contributed by atoms with van der Waals surface area (Å²) in [4.78, 5) is 22.6. The Labute approximate surface area is 150 Å². The molecule has 8 heteroatoms. The summed E-state index contributed by atoms with van der Waals surface area (Å²) in [6, 6.07) is 7.82. The van der Waals surface area contributed by atoms with Crippen molar-refractivity contribution in [2.45, 2.75) is 32.4 Å². The second kappa shape index (κ2) is 6.55. The van der Waals surface area contributed by atoms with E-state index in [1.54, 1.807) is 31.6 Å². The van der Waals surface area contributed by atoms with Crippen LogP contribution in [0.5, 0.6) is 0 Å². The van der Waals surface area contributed by atoms with Crippen molar-refractivity contribution in [3.05, 3.63) is 48.4 Å². The van der Waals surface area contributed by atoms with Crippen LogP contribution in [-0.4, -0.2) is 37.3 Å². The minimum atomic E-state index is -0.00940. The highest BCUT2D eigenvalue weighted by molar-refractivity contribution is 5.94. The maximum Gasteiger partial charge on any atom is 0.224 e. The van der Waals surface area contributed by atoms with Crippen molar-refractivity contribution < 1.29 is 4.79 Å². The molecule has 8 nitrogen and oxygen atoms in total. The van der Waals surface area contributed by atoms with Gasteiger partial charge < -0.3 is 10.2 Å². The summed E-state index contributed by atoms with van der Waals surface area (Å²) >= 11 is 0. The summed E-state index contributed by atoms with van der Waals surface area (Å²) in [5, 5.41) is 14.1. The van der Waals surface area contributed by atoms with Crippen molar-refractivity contribution in [3.8, 4) is 11.3 Å². The number of hydrogen-bond acceptors (Lipinski definition) is 6. The van der Waals surface area contributed by atoms with Crippen LogP contribution in [0.4, 0.5) is 11.6 Å². The number of fused-ring (bicyclic) bond motifs is 1. The highest BCUT2D eigenvalue weighted by Gasteiger charge is 2.33. The third kappa shape index (κ3) is 2.90. The first kappa shape index (κ1) is 16.2.